The zero-order valence-corrected chi connectivity index (χ0v) is 39.6. The summed E-state index contributed by atoms with van der Waals surface area (Å²) in [7, 11) is -8.14. The van der Waals surface area contributed by atoms with Crippen LogP contribution in [0.15, 0.2) is 34.3 Å². The number of sulfonamides is 2. The summed E-state index contributed by atoms with van der Waals surface area (Å²) in [6.07, 6.45) is 16.4. The Kier molecular flexibility index (Phi) is 13.3. The van der Waals surface area contributed by atoms with E-state index in [9.17, 15) is 31.2 Å². The lowest BCUT2D eigenvalue weighted by Crippen LogP contribution is -2.43. The van der Waals surface area contributed by atoms with Crippen LogP contribution in [0, 0.1) is 11.5 Å². The van der Waals surface area contributed by atoms with Gasteiger partial charge in [-0.1, -0.05) is 12.1 Å². The molecule has 6 aliphatic rings. The first-order chi connectivity index (χ1) is 31.4. The Morgan fingerprint density at radius 2 is 1.05 bits per heavy atom. The molecule has 2 fully saturated rings. The molecule has 0 bridgehead atoms. The minimum atomic E-state index is -4.26. The second kappa shape index (κ2) is 18.8. The molecule has 2 aromatic carbocycles. The molecule has 4 amide bonds. The molecular weight excluding hydrogens is 885 g/mol. The molecule has 4 N–H and O–H groups in total. The standard InChI is InChI=1S/C23H29N5O4S.C13H13NO.C10H16N4O3S/c1-14(2)28-19(22(29)27-10-5-11-27)13-20(25-28)33(31,32)26-23(30)24-21-17-8-3-6-15(17)12-16-7-4-9-18(16)21;14-8-15-13-11-5-1-3-9(11)7-10-4-2-6-12(10)13;1-7(2)14-8(10(15)13-4-3-5-13)6-9(12-14)18(11,16)17/h12-14H,3-11H2,1-2H3,(H2,24,26,30);7H,1-6H2;6-7H,3-5H2,1-2H3,(H2,11,16,17). The van der Waals surface area contributed by atoms with Gasteiger partial charge in [-0.15, -0.1) is 5.26 Å². The van der Waals surface area contributed by atoms with Crippen LogP contribution in [0.3, 0.4) is 0 Å². The van der Waals surface area contributed by atoms with Crippen LogP contribution in [-0.4, -0.2) is 90.2 Å². The van der Waals surface area contributed by atoms with E-state index in [1.807, 2.05) is 34.0 Å². The third-order valence-electron chi connectivity index (χ3n) is 13.2. The molecule has 18 nitrogen and oxygen atoms in total. The predicted octanol–water partition coefficient (Wildman–Crippen LogP) is 5.28. The summed E-state index contributed by atoms with van der Waals surface area (Å²) >= 11 is 0. The van der Waals surface area contributed by atoms with E-state index < -0.39 is 26.1 Å². The highest BCUT2D eigenvalue weighted by molar-refractivity contribution is 7.90. The second-order valence-corrected chi connectivity index (χ2v) is 21.5. The number of ether oxygens (including phenoxy) is 1. The normalized spacial score (nSPS) is 16.7. The average Bonchev–Trinajstić information content (AvgIpc) is 4.06. The van der Waals surface area contributed by atoms with E-state index in [4.69, 9.17) is 15.1 Å². The Balaban J connectivity index is 0.000000150. The summed E-state index contributed by atoms with van der Waals surface area (Å²) in [4.78, 5) is 41.0. The Bertz CT molecular complexity index is 2790. The number of urea groups is 1. The number of nitrogens with two attached hydrogens (primary N) is 1. The van der Waals surface area contributed by atoms with Crippen molar-refractivity contribution in [3.05, 3.63) is 80.2 Å². The maximum atomic E-state index is 13.0. The summed E-state index contributed by atoms with van der Waals surface area (Å²) in [5.74, 6) is 0.459. The maximum Gasteiger partial charge on any atom is 0.333 e. The Morgan fingerprint density at radius 1 is 0.636 bits per heavy atom. The van der Waals surface area contributed by atoms with E-state index in [0.717, 1.165) is 99.6 Å². The Hall–Kier alpha value is -5.78. The van der Waals surface area contributed by atoms with E-state index in [2.05, 4.69) is 32.4 Å². The van der Waals surface area contributed by atoms with Crippen molar-refractivity contribution in [3.63, 3.8) is 0 Å². The van der Waals surface area contributed by atoms with Gasteiger partial charge in [-0.25, -0.2) is 23.1 Å². The van der Waals surface area contributed by atoms with Gasteiger partial charge in [0.2, 0.25) is 0 Å². The van der Waals surface area contributed by atoms with Gasteiger partial charge in [0.05, 0.1) is 0 Å². The fourth-order valence-electron chi connectivity index (χ4n) is 9.70. The molecule has 20 heteroatoms. The van der Waals surface area contributed by atoms with E-state index in [0.29, 0.717) is 26.2 Å². The molecule has 4 heterocycles. The number of nitrogens with one attached hydrogen (secondary N) is 2. The number of aromatic nitrogens is 4. The molecule has 4 aromatic rings. The number of aryl methyl sites for hydroxylation is 4. The Labute approximate surface area is 385 Å². The van der Waals surface area contributed by atoms with Crippen molar-refractivity contribution in [2.75, 3.05) is 31.5 Å². The molecule has 0 saturated carbocycles. The van der Waals surface area contributed by atoms with Crippen LogP contribution in [0.25, 0.3) is 0 Å². The fourth-order valence-corrected chi connectivity index (χ4v) is 11.0. The molecule has 4 aliphatic carbocycles. The average molecular weight is 943 g/mol. The SMILES string of the molecule is CC(C)n1nc(S(=O)(=O)NC(=O)Nc2c3c(cc4c2CCC4)CCC3)cc1C(=O)N1CCC1.CC(C)n1nc(S(N)(=O)=O)cc1C(=O)N1CCC1.N#COc1c2c(cc3c1CCC3)CCC2. The van der Waals surface area contributed by atoms with Crippen LogP contribution in [-0.2, 0) is 71.4 Å². The van der Waals surface area contributed by atoms with Crippen LogP contribution in [0.2, 0.25) is 0 Å². The molecule has 352 valence electrons. The topological polar surface area (TPSA) is 245 Å². The van der Waals surface area contributed by atoms with Crippen molar-refractivity contribution in [1.29, 1.82) is 5.26 Å². The first kappa shape index (κ1) is 46.7. The van der Waals surface area contributed by atoms with Crippen molar-refractivity contribution >= 4 is 43.6 Å². The van der Waals surface area contributed by atoms with Crippen LogP contribution in [0.5, 0.6) is 5.75 Å². The molecule has 0 spiro atoms. The van der Waals surface area contributed by atoms with Gasteiger partial charge in [-0.05, 0) is 162 Å². The summed E-state index contributed by atoms with van der Waals surface area (Å²) in [5.41, 5.74) is 11.4. The number of nitriles is 1. The van der Waals surface area contributed by atoms with Gasteiger partial charge in [0, 0.05) is 56.1 Å². The fraction of sp³-hybridized carbons (Fsp3) is 0.522. The highest BCUT2D eigenvalue weighted by Gasteiger charge is 2.33. The van der Waals surface area contributed by atoms with Crippen LogP contribution >= 0.6 is 0 Å². The van der Waals surface area contributed by atoms with Gasteiger partial charge in [-0.3, -0.25) is 19.0 Å². The third-order valence-corrected chi connectivity index (χ3v) is 15.2. The lowest BCUT2D eigenvalue weighted by atomic mass is 9.99. The number of fused-ring (bicyclic) bond motifs is 4. The monoisotopic (exact) mass is 942 g/mol. The van der Waals surface area contributed by atoms with Crippen molar-refractivity contribution in [2.24, 2.45) is 5.14 Å². The maximum absolute atomic E-state index is 13.0. The van der Waals surface area contributed by atoms with Crippen LogP contribution in [0.4, 0.5) is 10.5 Å². The van der Waals surface area contributed by atoms with Crippen molar-refractivity contribution in [3.8, 4) is 12.0 Å². The number of anilines is 1. The zero-order chi connectivity index (χ0) is 47.1. The number of rotatable bonds is 9. The van der Waals surface area contributed by atoms with Gasteiger partial charge < -0.3 is 19.9 Å². The third kappa shape index (κ3) is 9.42. The summed E-state index contributed by atoms with van der Waals surface area (Å²) in [6, 6.07) is 5.97. The zero-order valence-electron chi connectivity index (χ0n) is 38.0. The van der Waals surface area contributed by atoms with Crippen LogP contribution < -0.4 is 19.9 Å². The molecule has 0 radical (unpaired) electrons. The van der Waals surface area contributed by atoms with E-state index in [-0.39, 0.29) is 45.3 Å². The van der Waals surface area contributed by atoms with Gasteiger partial charge >= 0.3 is 6.03 Å². The minimum Gasteiger partial charge on any atom is -0.387 e. The van der Waals surface area contributed by atoms with Crippen molar-refractivity contribution in [2.45, 2.75) is 140 Å². The summed E-state index contributed by atoms with van der Waals surface area (Å²) < 4.78 is 58.6. The van der Waals surface area contributed by atoms with Gasteiger partial charge in [-0.2, -0.15) is 18.6 Å². The number of nitrogens with zero attached hydrogens (tertiary/aromatic N) is 7. The lowest BCUT2D eigenvalue weighted by Gasteiger charge is -2.31. The highest BCUT2D eigenvalue weighted by atomic mass is 32.2. The first-order valence-corrected chi connectivity index (χ1v) is 26.0. The molecule has 0 unspecified atom stereocenters. The minimum absolute atomic E-state index is 0.110. The first-order valence-electron chi connectivity index (χ1n) is 23.0. The second-order valence-electron chi connectivity index (χ2n) is 18.3. The lowest BCUT2D eigenvalue weighted by molar-refractivity contribution is 0.0630. The number of amides is 4. The van der Waals surface area contributed by atoms with E-state index in [1.54, 1.807) is 9.80 Å². The summed E-state index contributed by atoms with van der Waals surface area (Å²) in [5, 5.41) is 24.0. The number of hydrogen-bond acceptors (Lipinski definition) is 11. The van der Waals surface area contributed by atoms with Gasteiger partial charge in [0.15, 0.2) is 10.1 Å². The molecule has 2 aromatic heterocycles. The van der Waals surface area contributed by atoms with Crippen molar-refractivity contribution < 1.29 is 36.0 Å². The number of primary sulfonamides is 1. The number of benzene rings is 2. The number of carbonyl (C=O) groups is 3. The van der Waals surface area contributed by atoms with Crippen molar-refractivity contribution in [1.82, 2.24) is 34.1 Å². The molecule has 2 aliphatic heterocycles. The molecule has 66 heavy (non-hydrogen) atoms. The quantitative estimate of drug-likeness (QED) is 0.182. The highest BCUT2D eigenvalue weighted by Crippen LogP contribution is 2.41. The number of likely N-dealkylation sites (tertiary alicyclic amines) is 2. The Morgan fingerprint density at radius 3 is 1.44 bits per heavy atom. The van der Waals surface area contributed by atoms with Gasteiger partial charge in [0.25, 0.3) is 38.1 Å². The number of carbonyl (C=O) groups excluding carboxylic acids is 3. The molecule has 10 rings (SSSR count). The largest absolute Gasteiger partial charge is 0.387 e. The number of hydrogen-bond donors (Lipinski definition) is 3. The predicted molar refractivity (Wildman–Crippen MR) is 244 cm³/mol. The smallest absolute Gasteiger partial charge is 0.333 e. The molecular formula is C46H58N10O8S2. The van der Waals surface area contributed by atoms with E-state index in [1.165, 1.54) is 67.7 Å². The summed E-state index contributed by atoms with van der Waals surface area (Å²) in [6.45, 7) is 10.0. The molecule has 2 saturated heterocycles. The molecule has 0 atom stereocenters. The van der Waals surface area contributed by atoms with Crippen LogP contribution in [0.1, 0.15) is 144 Å². The van der Waals surface area contributed by atoms with E-state index >= 15 is 0 Å². The van der Waals surface area contributed by atoms with Gasteiger partial charge in [0.1, 0.15) is 17.1 Å².